The maximum absolute atomic E-state index is 12.4. The van der Waals surface area contributed by atoms with Gasteiger partial charge in [0.05, 0.1) is 4.90 Å². The maximum atomic E-state index is 12.4. The zero-order chi connectivity index (χ0) is 15.8. The summed E-state index contributed by atoms with van der Waals surface area (Å²) in [6.45, 7) is 2.94. The van der Waals surface area contributed by atoms with Gasteiger partial charge in [0.1, 0.15) is 11.3 Å². The van der Waals surface area contributed by atoms with Crippen molar-refractivity contribution in [1.29, 1.82) is 0 Å². The van der Waals surface area contributed by atoms with E-state index in [4.69, 9.17) is 5.11 Å². The summed E-state index contributed by atoms with van der Waals surface area (Å²) in [5.41, 5.74) is -0.124. The number of nitrogens with one attached hydrogen (secondary N) is 1. The van der Waals surface area contributed by atoms with Gasteiger partial charge in [0.2, 0.25) is 10.0 Å². The van der Waals surface area contributed by atoms with Gasteiger partial charge in [0, 0.05) is 12.6 Å². The summed E-state index contributed by atoms with van der Waals surface area (Å²) >= 11 is 0. The molecule has 0 aliphatic carbocycles. The van der Waals surface area contributed by atoms with E-state index in [0.29, 0.717) is 18.5 Å². The molecule has 1 fully saturated rings. The number of rotatable bonds is 4. The minimum atomic E-state index is -3.82. The van der Waals surface area contributed by atoms with Gasteiger partial charge in [-0.2, -0.15) is 0 Å². The molecule has 0 radical (unpaired) electrons. The third-order valence-corrected chi connectivity index (χ3v) is 5.19. The molecular formula is C13H18N2O5S. The number of likely N-dealkylation sites (tertiary alicyclic amines) is 1. The van der Waals surface area contributed by atoms with Gasteiger partial charge in [-0.05, 0) is 44.6 Å². The summed E-state index contributed by atoms with van der Waals surface area (Å²) in [6.07, 6.45) is 0.707. The van der Waals surface area contributed by atoms with Crippen molar-refractivity contribution >= 4 is 16.0 Å². The first kappa shape index (κ1) is 15.7. The van der Waals surface area contributed by atoms with Crippen LogP contribution in [0.15, 0.2) is 17.0 Å². The molecule has 0 spiro atoms. The standard InChI is InChI=1S/C13H18N2O5S/c1-8-5-11(16)10(13(17)18)6-12(8)21(19,20)14-9-3-4-15(2)7-9/h5-6,9,14,16H,3-4,7H2,1-2H3,(H,17,18). The van der Waals surface area contributed by atoms with E-state index in [1.54, 1.807) is 0 Å². The van der Waals surface area contributed by atoms with Gasteiger partial charge in [-0.1, -0.05) is 0 Å². The van der Waals surface area contributed by atoms with Crippen molar-refractivity contribution in [3.63, 3.8) is 0 Å². The molecule has 116 valence electrons. The SMILES string of the molecule is Cc1cc(O)c(C(=O)O)cc1S(=O)(=O)NC1CCN(C)C1. The molecule has 7 nitrogen and oxygen atoms in total. The molecule has 1 heterocycles. The second-order valence-electron chi connectivity index (χ2n) is 5.31. The Kier molecular flexibility index (Phi) is 4.22. The molecule has 1 aromatic carbocycles. The average Bonchev–Trinajstić information content (AvgIpc) is 2.72. The molecule has 21 heavy (non-hydrogen) atoms. The second-order valence-corrected chi connectivity index (χ2v) is 6.99. The van der Waals surface area contributed by atoms with Crippen molar-refractivity contribution in [2.45, 2.75) is 24.3 Å². The molecule has 1 aliphatic rings. The Morgan fingerprint density at radius 2 is 2.10 bits per heavy atom. The van der Waals surface area contributed by atoms with Crippen LogP contribution in [0, 0.1) is 6.92 Å². The lowest BCUT2D eigenvalue weighted by atomic mass is 10.1. The Morgan fingerprint density at radius 3 is 2.62 bits per heavy atom. The molecule has 0 amide bonds. The van der Waals surface area contributed by atoms with E-state index in [2.05, 4.69) is 4.72 Å². The number of hydrogen-bond acceptors (Lipinski definition) is 5. The number of sulfonamides is 1. The highest BCUT2D eigenvalue weighted by molar-refractivity contribution is 7.89. The third kappa shape index (κ3) is 3.34. The molecule has 0 saturated carbocycles. The van der Waals surface area contributed by atoms with Crippen LogP contribution in [0.25, 0.3) is 0 Å². The molecule has 0 bridgehead atoms. The lowest BCUT2D eigenvalue weighted by molar-refractivity contribution is 0.0693. The number of likely N-dealkylation sites (N-methyl/N-ethyl adjacent to an activating group) is 1. The summed E-state index contributed by atoms with van der Waals surface area (Å²) in [7, 11) is -1.92. The zero-order valence-electron chi connectivity index (χ0n) is 11.8. The highest BCUT2D eigenvalue weighted by Gasteiger charge is 2.27. The van der Waals surface area contributed by atoms with Crippen molar-refractivity contribution in [3.05, 3.63) is 23.3 Å². The number of benzene rings is 1. The Morgan fingerprint density at radius 1 is 1.43 bits per heavy atom. The quantitative estimate of drug-likeness (QED) is 0.742. The predicted octanol–water partition coefficient (Wildman–Crippen LogP) is 0.381. The van der Waals surface area contributed by atoms with Crippen LogP contribution in [0.5, 0.6) is 5.75 Å². The lowest BCUT2D eigenvalue weighted by Crippen LogP contribution is -2.36. The zero-order valence-corrected chi connectivity index (χ0v) is 12.6. The number of nitrogens with zero attached hydrogens (tertiary/aromatic N) is 1. The van der Waals surface area contributed by atoms with E-state index in [-0.39, 0.29) is 10.9 Å². The minimum Gasteiger partial charge on any atom is -0.507 e. The summed E-state index contributed by atoms with van der Waals surface area (Å²) in [5, 5.41) is 18.6. The minimum absolute atomic E-state index is 0.118. The average molecular weight is 314 g/mol. The number of aryl methyl sites for hydroxylation is 1. The van der Waals surface area contributed by atoms with Gasteiger partial charge in [0.25, 0.3) is 0 Å². The normalized spacial score (nSPS) is 19.8. The van der Waals surface area contributed by atoms with Crippen LogP contribution < -0.4 is 4.72 Å². The van der Waals surface area contributed by atoms with Gasteiger partial charge >= 0.3 is 5.97 Å². The van der Waals surface area contributed by atoms with Crippen LogP contribution in [-0.4, -0.2) is 55.7 Å². The molecule has 0 aromatic heterocycles. The molecule has 1 unspecified atom stereocenters. The molecule has 1 aliphatic heterocycles. The Bertz CT molecular complexity index is 671. The van der Waals surface area contributed by atoms with Crippen LogP contribution in [0.1, 0.15) is 22.3 Å². The fourth-order valence-electron chi connectivity index (χ4n) is 2.45. The van der Waals surface area contributed by atoms with Crippen molar-refractivity contribution in [1.82, 2.24) is 9.62 Å². The van der Waals surface area contributed by atoms with Crippen molar-refractivity contribution in [2.75, 3.05) is 20.1 Å². The monoisotopic (exact) mass is 314 g/mol. The predicted molar refractivity (Wildman–Crippen MR) is 76.0 cm³/mol. The van der Waals surface area contributed by atoms with Gasteiger partial charge in [-0.15, -0.1) is 0 Å². The number of aromatic hydroxyl groups is 1. The topological polar surface area (TPSA) is 107 Å². The van der Waals surface area contributed by atoms with Crippen LogP contribution in [0.3, 0.4) is 0 Å². The largest absolute Gasteiger partial charge is 0.507 e. The second kappa shape index (κ2) is 5.63. The Balaban J connectivity index is 2.35. The number of carboxylic acid groups (broad SMARTS) is 1. The van der Waals surface area contributed by atoms with Gasteiger partial charge < -0.3 is 15.1 Å². The first-order valence-electron chi connectivity index (χ1n) is 6.48. The molecule has 1 atom stereocenters. The van der Waals surface area contributed by atoms with Gasteiger partial charge in [0.15, 0.2) is 0 Å². The fraction of sp³-hybridized carbons (Fsp3) is 0.462. The van der Waals surface area contributed by atoms with Crippen molar-refractivity contribution < 1.29 is 23.4 Å². The number of phenols is 1. The highest BCUT2D eigenvalue weighted by Crippen LogP contribution is 2.26. The highest BCUT2D eigenvalue weighted by atomic mass is 32.2. The van der Waals surface area contributed by atoms with E-state index in [1.807, 2.05) is 11.9 Å². The van der Waals surface area contributed by atoms with Crippen molar-refractivity contribution in [2.24, 2.45) is 0 Å². The van der Waals surface area contributed by atoms with E-state index in [9.17, 15) is 18.3 Å². The molecule has 1 aromatic rings. The summed E-state index contributed by atoms with van der Waals surface area (Å²) in [6, 6.07) is 1.95. The fourth-order valence-corrected chi connectivity index (χ4v) is 3.96. The van der Waals surface area contributed by atoms with E-state index < -0.39 is 27.3 Å². The number of hydrogen-bond donors (Lipinski definition) is 3. The van der Waals surface area contributed by atoms with E-state index >= 15 is 0 Å². The molecule has 1 saturated heterocycles. The first-order valence-corrected chi connectivity index (χ1v) is 7.97. The van der Waals surface area contributed by atoms with Crippen LogP contribution in [-0.2, 0) is 10.0 Å². The van der Waals surface area contributed by atoms with Gasteiger partial charge in [-0.25, -0.2) is 17.9 Å². The first-order chi connectivity index (χ1) is 9.70. The summed E-state index contributed by atoms with van der Waals surface area (Å²) < 4.78 is 27.4. The molecule has 8 heteroatoms. The Hall–Kier alpha value is -1.64. The van der Waals surface area contributed by atoms with E-state index in [1.165, 1.54) is 6.92 Å². The number of aromatic carboxylic acids is 1. The van der Waals surface area contributed by atoms with E-state index in [0.717, 1.165) is 18.7 Å². The Labute approximate surface area is 123 Å². The molecular weight excluding hydrogens is 296 g/mol. The summed E-state index contributed by atoms with van der Waals surface area (Å²) in [4.78, 5) is 12.9. The third-order valence-electron chi connectivity index (χ3n) is 3.53. The molecule has 3 N–H and O–H groups in total. The van der Waals surface area contributed by atoms with Crippen molar-refractivity contribution in [3.8, 4) is 5.75 Å². The number of carboxylic acids is 1. The number of carbonyl (C=O) groups is 1. The van der Waals surface area contributed by atoms with Crippen LogP contribution in [0.4, 0.5) is 0 Å². The lowest BCUT2D eigenvalue weighted by Gasteiger charge is -2.15. The van der Waals surface area contributed by atoms with Crippen LogP contribution >= 0.6 is 0 Å². The smallest absolute Gasteiger partial charge is 0.339 e. The summed E-state index contributed by atoms with van der Waals surface area (Å²) in [5.74, 6) is -1.82. The molecule has 2 rings (SSSR count). The van der Waals surface area contributed by atoms with Crippen LogP contribution in [0.2, 0.25) is 0 Å². The maximum Gasteiger partial charge on any atom is 0.339 e. The van der Waals surface area contributed by atoms with Gasteiger partial charge in [-0.3, -0.25) is 0 Å².